The van der Waals surface area contributed by atoms with Crippen molar-refractivity contribution in [3.05, 3.63) is 69.8 Å². The van der Waals surface area contributed by atoms with Gasteiger partial charge in [0.05, 0.1) is 40.9 Å². The van der Waals surface area contributed by atoms with Crippen LogP contribution in [0.2, 0.25) is 0 Å². The predicted molar refractivity (Wildman–Crippen MR) is 151 cm³/mol. The normalized spacial score (nSPS) is 20.8. The molecule has 0 bridgehead atoms. The number of H-pyrrole nitrogens is 1. The molecule has 0 radical (unpaired) electrons. The molecule has 2 unspecified atom stereocenters. The van der Waals surface area contributed by atoms with Crippen LogP contribution >= 0.6 is 11.8 Å². The second-order valence-electron chi connectivity index (χ2n) is 10.6. The van der Waals surface area contributed by atoms with Crippen LogP contribution in [0.1, 0.15) is 28.7 Å². The molecule has 1 saturated heterocycles. The van der Waals surface area contributed by atoms with Crippen molar-refractivity contribution >= 4 is 45.2 Å². The summed E-state index contributed by atoms with van der Waals surface area (Å²) in [5.74, 6) is -1.29. The van der Waals surface area contributed by atoms with Crippen molar-refractivity contribution in [2.45, 2.75) is 37.3 Å². The lowest BCUT2D eigenvalue weighted by Gasteiger charge is -2.25. The Morgan fingerprint density at radius 3 is 2.57 bits per heavy atom. The number of aromatic nitrogens is 2. The molecule has 1 fully saturated rings. The lowest BCUT2D eigenvalue weighted by Crippen LogP contribution is -2.41. The number of alkyl halides is 6. The molecule has 1 aromatic heterocycles. The fourth-order valence-corrected chi connectivity index (χ4v) is 6.47. The number of aliphatic imine (C=N–C) groups is 1. The van der Waals surface area contributed by atoms with Crippen LogP contribution in [0, 0.1) is 0 Å². The van der Waals surface area contributed by atoms with E-state index in [1.54, 1.807) is 35.0 Å². The minimum Gasteiger partial charge on any atom is -0.395 e. The van der Waals surface area contributed by atoms with Gasteiger partial charge in [-0.3, -0.25) is 19.6 Å². The second-order valence-corrected chi connectivity index (χ2v) is 11.5. The zero-order valence-corrected chi connectivity index (χ0v) is 23.9. The first-order valence-electron chi connectivity index (χ1n) is 13.3. The number of likely N-dealkylation sites (N-methyl/N-ethyl adjacent to an activating group) is 1. The van der Waals surface area contributed by atoms with Crippen molar-refractivity contribution in [3.63, 3.8) is 0 Å². The summed E-state index contributed by atoms with van der Waals surface area (Å²) in [5.41, 5.74) is 3.13. The second kappa shape index (κ2) is 11.9. The molecule has 0 spiro atoms. The van der Waals surface area contributed by atoms with Gasteiger partial charge in [-0.1, -0.05) is 12.1 Å². The van der Waals surface area contributed by atoms with Gasteiger partial charge < -0.3 is 15.7 Å². The Morgan fingerprint density at radius 2 is 1.91 bits per heavy atom. The number of aliphatic hydroxyl groups excluding tert-OH is 1. The lowest BCUT2D eigenvalue weighted by molar-refractivity contribution is -0.143. The van der Waals surface area contributed by atoms with Crippen molar-refractivity contribution in [1.29, 1.82) is 0 Å². The molecule has 9 nitrogen and oxygen atoms in total. The largest absolute Gasteiger partial charge is 0.416 e. The monoisotopic (exact) mass is 640 g/mol. The van der Waals surface area contributed by atoms with Gasteiger partial charge in [0.1, 0.15) is 0 Å². The third-order valence-corrected chi connectivity index (χ3v) is 8.87. The highest BCUT2D eigenvalue weighted by Crippen LogP contribution is 2.42. The highest BCUT2D eigenvalue weighted by molar-refractivity contribution is 8.18. The van der Waals surface area contributed by atoms with Crippen molar-refractivity contribution in [3.8, 4) is 0 Å². The third-order valence-electron chi connectivity index (χ3n) is 7.68. The molecule has 0 aliphatic carbocycles. The lowest BCUT2D eigenvalue weighted by atomic mass is 9.92. The highest BCUT2D eigenvalue weighted by atomic mass is 32.2. The van der Waals surface area contributed by atoms with Crippen molar-refractivity contribution < 1.29 is 41.0 Å². The Bertz CT molecular complexity index is 1670. The quantitative estimate of drug-likeness (QED) is 0.263. The highest BCUT2D eigenvalue weighted by Gasteiger charge is 2.40. The van der Waals surface area contributed by atoms with E-state index in [4.69, 9.17) is 5.73 Å². The van der Waals surface area contributed by atoms with Gasteiger partial charge in [-0.25, -0.2) is 0 Å². The van der Waals surface area contributed by atoms with E-state index in [2.05, 4.69) is 15.2 Å². The van der Waals surface area contributed by atoms with E-state index in [0.29, 0.717) is 35.5 Å². The molecule has 2 atom stereocenters. The van der Waals surface area contributed by atoms with Gasteiger partial charge in [0.2, 0.25) is 5.91 Å². The van der Waals surface area contributed by atoms with Crippen molar-refractivity contribution in [1.82, 2.24) is 20.0 Å². The summed E-state index contributed by atoms with van der Waals surface area (Å²) in [4.78, 5) is 32.4. The van der Waals surface area contributed by atoms with E-state index in [1.807, 2.05) is 0 Å². The Morgan fingerprint density at radius 1 is 1.16 bits per heavy atom. The smallest absolute Gasteiger partial charge is 0.395 e. The van der Waals surface area contributed by atoms with Gasteiger partial charge in [0.25, 0.3) is 5.91 Å². The van der Waals surface area contributed by atoms with E-state index in [-0.39, 0.29) is 46.9 Å². The van der Waals surface area contributed by atoms with Crippen LogP contribution in [0.15, 0.2) is 52.5 Å². The molecule has 5 rings (SSSR count). The topological polar surface area (TPSA) is 128 Å². The number of nitrogens with one attached hydrogen (secondary N) is 1. The van der Waals surface area contributed by atoms with Gasteiger partial charge >= 0.3 is 12.4 Å². The zero-order chi connectivity index (χ0) is 32.0. The molecule has 234 valence electrons. The number of nitrogens with zero attached hydrogens (tertiary/aromatic N) is 4. The van der Waals surface area contributed by atoms with Crippen LogP contribution in [0.4, 0.5) is 26.3 Å². The number of carbonyl (C=O) groups is 2. The summed E-state index contributed by atoms with van der Waals surface area (Å²) in [6.45, 7) is 0.0349. The summed E-state index contributed by atoms with van der Waals surface area (Å²) < 4.78 is 82.1. The molecular weight excluding hydrogens is 614 g/mol. The number of hydrogen-bond donors (Lipinski definition) is 3. The molecule has 16 heteroatoms. The van der Waals surface area contributed by atoms with E-state index < -0.39 is 47.3 Å². The number of hydrogen-bond acceptors (Lipinski definition) is 7. The Hall–Kier alpha value is -3.89. The molecule has 4 N–H and O–H groups in total. The molecule has 2 amide bonds. The Kier molecular flexibility index (Phi) is 8.52. The van der Waals surface area contributed by atoms with Crippen molar-refractivity contribution in [2.75, 3.05) is 26.7 Å². The van der Waals surface area contributed by atoms with Crippen LogP contribution in [-0.2, 0) is 28.4 Å². The van der Waals surface area contributed by atoms with E-state index in [0.717, 1.165) is 17.8 Å². The van der Waals surface area contributed by atoms with Gasteiger partial charge in [-0.2, -0.15) is 36.4 Å². The summed E-state index contributed by atoms with van der Waals surface area (Å²) in [6, 6.07) is 5.65. The molecule has 2 aliphatic heterocycles. The first-order valence-corrected chi connectivity index (χ1v) is 14.1. The molecule has 3 heterocycles. The summed E-state index contributed by atoms with van der Waals surface area (Å²) >= 11 is 0.937. The number of allylic oxidation sites excluding steroid dienone is 1. The maximum Gasteiger partial charge on any atom is 0.416 e. The van der Waals surface area contributed by atoms with E-state index >= 15 is 0 Å². The van der Waals surface area contributed by atoms with Gasteiger partial charge in [0.15, 0.2) is 5.17 Å². The van der Waals surface area contributed by atoms with Crippen molar-refractivity contribution in [2.24, 2.45) is 10.7 Å². The van der Waals surface area contributed by atoms with Crippen LogP contribution in [-0.4, -0.2) is 80.9 Å². The number of aliphatic hydroxyl groups is 1. The van der Waals surface area contributed by atoms with Crippen LogP contribution in [0.25, 0.3) is 16.5 Å². The molecule has 2 aliphatic rings. The SMILES string of the molecule is CN(C1=NC(=O)C(=C(Cc2ccc(C(F)(F)F)cc2C(F)(F)F)c2ccc3[nH]ncc3c2)S1)C1CC(CO)N(CC(N)=O)C1. The number of fused-ring (bicyclic) bond motifs is 1. The van der Waals surface area contributed by atoms with E-state index in [9.17, 15) is 41.0 Å². The first-order chi connectivity index (χ1) is 20.7. The molecule has 2 aromatic carbocycles. The molecule has 0 saturated carbocycles. The number of benzene rings is 2. The Labute approximate surface area is 250 Å². The number of halogens is 6. The number of amides is 2. The fourth-order valence-electron chi connectivity index (χ4n) is 5.42. The Balaban J connectivity index is 1.53. The van der Waals surface area contributed by atoms with Crippen LogP contribution < -0.4 is 5.73 Å². The average molecular weight is 641 g/mol. The van der Waals surface area contributed by atoms with Crippen LogP contribution in [0.3, 0.4) is 0 Å². The van der Waals surface area contributed by atoms with Crippen LogP contribution in [0.5, 0.6) is 0 Å². The summed E-state index contributed by atoms with van der Waals surface area (Å²) in [5, 5.41) is 17.3. The zero-order valence-electron chi connectivity index (χ0n) is 23.0. The maximum absolute atomic E-state index is 14.1. The maximum atomic E-state index is 14.1. The van der Waals surface area contributed by atoms with Gasteiger partial charge in [0, 0.05) is 31.1 Å². The molecule has 44 heavy (non-hydrogen) atoms. The standard InChI is InChI=1S/C28H26F6N6O3S/c1-39(18-9-19(13-41)40(11-18)12-23(35)42)26-37-25(43)24(44-26)20(14-3-5-22-16(6-14)10-36-38-22)7-15-2-4-17(27(29,30)31)8-21(15)28(32,33)34/h2-6,8,10,18-19,41H,7,9,11-13H2,1H3,(H2,35,42)(H,36,38). The van der Waals surface area contributed by atoms with Gasteiger partial charge in [-0.15, -0.1) is 0 Å². The number of rotatable bonds is 7. The summed E-state index contributed by atoms with van der Waals surface area (Å²) in [7, 11) is 1.67. The number of nitrogens with two attached hydrogens (primary N) is 1. The summed E-state index contributed by atoms with van der Waals surface area (Å²) in [6.07, 6.45) is -8.68. The predicted octanol–water partition coefficient (Wildman–Crippen LogP) is 4.04. The number of aromatic amines is 1. The number of carbonyl (C=O) groups excluding carboxylic acids is 2. The average Bonchev–Trinajstić information content (AvgIpc) is 3.68. The van der Waals surface area contributed by atoms with Gasteiger partial charge in [-0.05, 0) is 65.6 Å². The first kappa shape index (κ1) is 31.5. The number of primary amides is 1. The number of thioether (sulfide) groups is 1. The third kappa shape index (κ3) is 6.46. The number of likely N-dealkylation sites (tertiary alicyclic amines) is 1. The molecular formula is C28H26F6N6O3S. The minimum atomic E-state index is -5.10. The minimum absolute atomic E-state index is 0.0217. The number of amidine groups is 1. The van der Waals surface area contributed by atoms with E-state index in [1.165, 1.54) is 6.20 Å². The molecule has 3 aromatic rings. The fraction of sp³-hybridized carbons (Fsp3) is 0.357.